The van der Waals surface area contributed by atoms with E-state index in [1.807, 2.05) is 6.92 Å². The number of fused-ring (bicyclic) bond motifs is 1. The second-order valence-corrected chi connectivity index (χ2v) is 8.07. The summed E-state index contributed by atoms with van der Waals surface area (Å²) in [4.78, 5) is 4.28. The molecule has 0 aliphatic carbocycles. The van der Waals surface area contributed by atoms with Gasteiger partial charge >= 0.3 is 0 Å². The lowest BCUT2D eigenvalue weighted by atomic mass is 10.1. The maximum atomic E-state index is 11.2. The Hall–Kier alpha value is -1.34. The highest BCUT2D eigenvalue weighted by molar-refractivity contribution is 7.86. The number of rotatable bonds is 3. The fraction of sp³-hybridized carbons (Fsp3) is 0.462. The van der Waals surface area contributed by atoms with E-state index in [4.69, 9.17) is 14.0 Å². The first-order valence-corrected chi connectivity index (χ1v) is 9.18. The number of aliphatic hydroxyl groups is 3. The van der Waals surface area contributed by atoms with Gasteiger partial charge in [0.05, 0.1) is 15.2 Å². The third-order valence-corrected chi connectivity index (χ3v) is 5.47. The lowest BCUT2D eigenvalue weighted by molar-refractivity contribution is -0.254. The highest BCUT2D eigenvalue weighted by Gasteiger charge is 2.50. The summed E-state index contributed by atoms with van der Waals surface area (Å²) in [5.41, 5.74) is -1.49. The fourth-order valence-electron chi connectivity index (χ4n) is 2.39. The Labute approximate surface area is 140 Å². The number of aryl methyl sites for hydroxylation is 1. The Kier molecular flexibility index (Phi) is 4.51. The van der Waals surface area contributed by atoms with Crippen LogP contribution in [-0.2, 0) is 14.9 Å². The maximum Gasteiger partial charge on any atom is 0.295 e. The maximum absolute atomic E-state index is 11.2. The number of thiazole rings is 1. The van der Waals surface area contributed by atoms with Crippen LogP contribution in [-0.4, -0.2) is 63.3 Å². The van der Waals surface area contributed by atoms with Crippen molar-refractivity contribution in [3.05, 3.63) is 23.2 Å². The molecule has 0 bridgehead atoms. The molecule has 1 saturated heterocycles. The SMILES string of the molecule is Cc1nc2cc(O[C@@H]3OC(S(=O)(=O)O)[C@@H](O)[C@H](O)[C@H]3O)ccc2s1. The van der Waals surface area contributed by atoms with E-state index in [-0.39, 0.29) is 5.75 Å². The molecule has 5 atom stereocenters. The molecule has 4 N–H and O–H groups in total. The van der Waals surface area contributed by atoms with Gasteiger partial charge in [-0.1, -0.05) is 0 Å². The lowest BCUT2D eigenvalue weighted by Crippen LogP contribution is -2.61. The van der Waals surface area contributed by atoms with Gasteiger partial charge in [0, 0.05) is 6.07 Å². The van der Waals surface area contributed by atoms with E-state index in [0.29, 0.717) is 5.52 Å². The van der Waals surface area contributed by atoms with Crippen LogP contribution < -0.4 is 4.74 Å². The molecule has 1 unspecified atom stereocenters. The number of nitrogens with zero attached hydrogens (tertiary/aromatic N) is 1. The summed E-state index contributed by atoms with van der Waals surface area (Å²) in [7, 11) is -4.82. The Morgan fingerprint density at radius 3 is 2.58 bits per heavy atom. The van der Waals surface area contributed by atoms with Gasteiger partial charge in [0.1, 0.15) is 24.1 Å². The van der Waals surface area contributed by atoms with Gasteiger partial charge in [-0.3, -0.25) is 4.55 Å². The summed E-state index contributed by atoms with van der Waals surface area (Å²) in [6.45, 7) is 1.84. The summed E-state index contributed by atoms with van der Waals surface area (Å²) >= 11 is 1.48. The molecule has 1 aromatic carbocycles. The molecular formula is C13H15NO8S2. The van der Waals surface area contributed by atoms with Crippen molar-refractivity contribution in [2.75, 3.05) is 0 Å². The number of hydrogen-bond donors (Lipinski definition) is 4. The Morgan fingerprint density at radius 2 is 1.92 bits per heavy atom. The second-order valence-electron chi connectivity index (χ2n) is 5.34. The van der Waals surface area contributed by atoms with Crippen LogP contribution in [0.2, 0.25) is 0 Å². The van der Waals surface area contributed by atoms with Crippen LogP contribution in [0.25, 0.3) is 10.2 Å². The van der Waals surface area contributed by atoms with Crippen molar-refractivity contribution in [2.45, 2.75) is 37.0 Å². The minimum absolute atomic E-state index is 0.217. The molecule has 24 heavy (non-hydrogen) atoms. The minimum Gasteiger partial charge on any atom is -0.462 e. The number of hydrogen-bond acceptors (Lipinski definition) is 9. The molecule has 132 valence electrons. The zero-order valence-electron chi connectivity index (χ0n) is 12.3. The minimum atomic E-state index is -4.82. The predicted octanol–water partition coefficient (Wildman–Crippen LogP) is -0.364. The summed E-state index contributed by atoms with van der Waals surface area (Å²) in [6.07, 6.45) is -7.21. The van der Waals surface area contributed by atoms with Gasteiger partial charge in [0.2, 0.25) is 11.7 Å². The van der Waals surface area contributed by atoms with Crippen LogP contribution in [0, 0.1) is 6.92 Å². The monoisotopic (exact) mass is 377 g/mol. The predicted molar refractivity (Wildman–Crippen MR) is 83.2 cm³/mol. The van der Waals surface area contributed by atoms with Crippen LogP contribution in [0.4, 0.5) is 0 Å². The van der Waals surface area contributed by atoms with E-state index in [1.54, 1.807) is 18.2 Å². The first kappa shape index (κ1) is 17.5. The van der Waals surface area contributed by atoms with Gasteiger partial charge in [0.15, 0.2) is 0 Å². The molecule has 0 spiro atoms. The summed E-state index contributed by atoms with van der Waals surface area (Å²) < 4.78 is 42.8. The van der Waals surface area contributed by atoms with Gasteiger partial charge in [0.25, 0.3) is 10.1 Å². The van der Waals surface area contributed by atoms with E-state index in [2.05, 4.69) is 4.98 Å². The van der Waals surface area contributed by atoms with Crippen molar-refractivity contribution >= 4 is 31.7 Å². The number of ether oxygens (including phenoxy) is 2. The van der Waals surface area contributed by atoms with Gasteiger partial charge < -0.3 is 24.8 Å². The highest BCUT2D eigenvalue weighted by atomic mass is 32.2. The van der Waals surface area contributed by atoms with E-state index in [0.717, 1.165) is 9.71 Å². The van der Waals surface area contributed by atoms with E-state index in [1.165, 1.54) is 11.3 Å². The van der Waals surface area contributed by atoms with Crippen LogP contribution in [0.3, 0.4) is 0 Å². The zero-order chi connectivity index (χ0) is 17.6. The van der Waals surface area contributed by atoms with Gasteiger partial charge in [-0.2, -0.15) is 8.42 Å². The molecule has 11 heteroatoms. The number of aliphatic hydroxyl groups excluding tert-OH is 3. The topological polar surface area (TPSA) is 146 Å². The average Bonchev–Trinajstić information content (AvgIpc) is 2.86. The van der Waals surface area contributed by atoms with Crippen LogP contribution >= 0.6 is 11.3 Å². The summed E-state index contributed by atoms with van der Waals surface area (Å²) in [6, 6.07) is 4.86. The van der Waals surface area contributed by atoms with Crippen molar-refractivity contribution in [2.24, 2.45) is 0 Å². The summed E-state index contributed by atoms with van der Waals surface area (Å²) in [5.74, 6) is 0.217. The van der Waals surface area contributed by atoms with Gasteiger partial charge in [-0.25, -0.2) is 4.98 Å². The van der Waals surface area contributed by atoms with Crippen molar-refractivity contribution in [3.63, 3.8) is 0 Å². The quantitative estimate of drug-likeness (QED) is 0.526. The highest BCUT2D eigenvalue weighted by Crippen LogP contribution is 2.29. The standard InChI is InChI=1S/C13H15NO8S2/c1-5-14-7-4-6(2-3-8(7)23-5)21-12-10(16)9(15)11(17)13(22-12)24(18,19)20/h2-4,9-13,15-17H,1H3,(H,18,19,20)/t9-,10-,11+,12-,13?/m1/s1. The number of benzene rings is 1. The Morgan fingerprint density at radius 1 is 1.21 bits per heavy atom. The molecule has 9 nitrogen and oxygen atoms in total. The zero-order valence-corrected chi connectivity index (χ0v) is 13.9. The molecule has 3 rings (SSSR count). The smallest absolute Gasteiger partial charge is 0.295 e. The molecule has 0 amide bonds. The third kappa shape index (κ3) is 3.24. The summed E-state index contributed by atoms with van der Waals surface area (Å²) in [5, 5.41) is 30.2. The fourth-order valence-corrected chi connectivity index (χ4v) is 3.96. The molecule has 1 fully saturated rings. The van der Waals surface area contributed by atoms with Crippen LogP contribution in [0.1, 0.15) is 5.01 Å². The third-order valence-electron chi connectivity index (χ3n) is 3.54. The largest absolute Gasteiger partial charge is 0.462 e. The van der Waals surface area contributed by atoms with Crippen molar-refractivity contribution in [1.82, 2.24) is 4.98 Å². The van der Waals surface area contributed by atoms with Crippen LogP contribution in [0.15, 0.2) is 18.2 Å². The van der Waals surface area contributed by atoms with E-state index < -0.39 is 40.2 Å². The van der Waals surface area contributed by atoms with E-state index >= 15 is 0 Å². The van der Waals surface area contributed by atoms with Crippen molar-refractivity contribution < 1.29 is 37.8 Å². The van der Waals surface area contributed by atoms with E-state index in [9.17, 15) is 23.7 Å². The molecular weight excluding hydrogens is 362 g/mol. The molecule has 1 aromatic heterocycles. The Balaban J connectivity index is 1.86. The van der Waals surface area contributed by atoms with Crippen molar-refractivity contribution in [3.8, 4) is 5.75 Å². The van der Waals surface area contributed by atoms with Crippen LogP contribution in [0.5, 0.6) is 5.75 Å². The second kappa shape index (κ2) is 6.19. The first-order valence-electron chi connectivity index (χ1n) is 6.86. The number of aromatic nitrogens is 1. The molecule has 0 saturated carbocycles. The molecule has 0 radical (unpaired) electrons. The average molecular weight is 377 g/mol. The van der Waals surface area contributed by atoms with Gasteiger partial charge in [-0.05, 0) is 19.1 Å². The first-order chi connectivity index (χ1) is 11.2. The molecule has 1 aliphatic rings. The molecule has 2 heterocycles. The molecule has 1 aliphatic heterocycles. The lowest BCUT2D eigenvalue weighted by Gasteiger charge is -2.38. The van der Waals surface area contributed by atoms with Gasteiger partial charge in [-0.15, -0.1) is 11.3 Å². The Bertz CT molecular complexity index is 851. The normalized spacial score (nSPS) is 31.3. The van der Waals surface area contributed by atoms with Crippen molar-refractivity contribution in [1.29, 1.82) is 0 Å². The molecule has 2 aromatic rings.